The Labute approximate surface area is 136 Å². The highest BCUT2D eigenvalue weighted by Crippen LogP contribution is 2.28. The number of nitrogens with one attached hydrogen (secondary N) is 1. The molecule has 0 amide bonds. The first-order valence-corrected chi connectivity index (χ1v) is 8.46. The summed E-state index contributed by atoms with van der Waals surface area (Å²) in [6, 6.07) is 13.7. The van der Waals surface area contributed by atoms with Gasteiger partial charge < -0.3 is 5.32 Å². The van der Waals surface area contributed by atoms with E-state index in [1.54, 1.807) is 0 Å². The van der Waals surface area contributed by atoms with Crippen LogP contribution in [0.2, 0.25) is 0 Å². The van der Waals surface area contributed by atoms with Crippen molar-refractivity contribution in [2.45, 2.75) is 46.6 Å². The minimum Gasteiger partial charge on any atom is -0.378 e. The van der Waals surface area contributed by atoms with Gasteiger partial charge in [0.05, 0.1) is 6.04 Å². The van der Waals surface area contributed by atoms with E-state index in [1.807, 2.05) is 0 Å². The maximum absolute atomic E-state index is 3.67. The minimum atomic E-state index is 0.357. The summed E-state index contributed by atoms with van der Waals surface area (Å²) >= 11 is 3.63. The summed E-state index contributed by atoms with van der Waals surface area (Å²) in [5.74, 6) is 0. The average molecular weight is 346 g/mol. The van der Waals surface area contributed by atoms with E-state index >= 15 is 0 Å². The van der Waals surface area contributed by atoms with Crippen LogP contribution >= 0.6 is 15.9 Å². The fourth-order valence-corrected chi connectivity index (χ4v) is 2.87. The van der Waals surface area contributed by atoms with Crippen molar-refractivity contribution < 1.29 is 0 Å². The van der Waals surface area contributed by atoms with E-state index in [2.05, 4.69) is 85.3 Å². The number of halogens is 1. The Bertz CT molecular complexity index is 578. The van der Waals surface area contributed by atoms with Gasteiger partial charge in [-0.2, -0.15) is 0 Å². The molecule has 21 heavy (non-hydrogen) atoms. The van der Waals surface area contributed by atoms with Crippen LogP contribution in [0.15, 0.2) is 40.9 Å². The monoisotopic (exact) mass is 345 g/mol. The Hall–Kier alpha value is -1.28. The van der Waals surface area contributed by atoms with Gasteiger partial charge in [-0.05, 0) is 61.1 Å². The van der Waals surface area contributed by atoms with Crippen LogP contribution in [0.5, 0.6) is 0 Å². The quantitative estimate of drug-likeness (QED) is 0.680. The SMILES string of the molecule is CCc1ccc(C(CC)Nc2cc(C)c(Br)c(C)c2)cc1. The van der Waals surface area contributed by atoms with Gasteiger partial charge in [0.1, 0.15) is 0 Å². The van der Waals surface area contributed by atoms with Crippen LogP contribution in [0.1, 0.15) is 48.6 Å². The number of benzene rings is 2. The lowest BCUT2D eigenvalue weighted by molar-refractivity contribution is 0.748. The molecule has 2 heteroatoms. The van der Waals surface area contributed by atoms with E-state index in [9.17, 15) is 0 Å². The number of rotatable bonds is 5. The van der Waals surface area contributed by atoms with Gasteiger partial charge in [0.2, 0.25) is 0 Å². The van der Waals surface area contributed by atoms with Crippen LogP contribution < -0.4 is 5.32 Å². The summed E-state index contributed by atoms with van der Waals surface area (Å²) in [6.07, 6.45) is 2.16. The molecule has 1 N–H and O–H groups in total. The van der Waals surface area contributed by atoms with E-state index in [-0.39, 0.29) is 0 Å². The third-order valence-electron chi connectivity index (χ3n) is 3.98. The van der Waals surface area contributed by atoms with E-state index in [0.29, 0.717) is 6.04 Å². The number of hydrogen-bond donors (Lipinski definition) is 1. The molecule has 0 aliphatic rings. The lowest BCUT2D eigenvalue weighted by atomic mass is 10.0. The van der Waals surface area contributed by atoms with E-state index in [0.717, 1.165) is 12.8 Å². The highest BCUT2D eigenvalue weighted by molar-refractivity contribution is 9.10. The van der Waals surface area contributed by atoms with Crippen LogP contribution in [0.4, 0.5) is 5.69 Å². The van der Waals surface area contributed by atoms with Gasteiger partial charge in [0, 0.05) is 10.2 Å². The number of hydrogen-bond acceptors (Lipinski definition) is 1. The summed E-state index contributed by atoms with van der Waals surface area (Å²) in [4.78, 5) is 0. The zero-order valence-corrected chi connectivity index (χ0v) is 14.9. The van der Waals surface area contributed by atoms with Gasteiger partial charge in [0.15, 0.2) is 0 Å². The molecule has 0 aliphatic heterocycles. The van der Waals surface area contributed by atoms with Crippen LogP contribution in [0.25, 0.3) is 0 Å². The van der Waals surface area contributed by atoms with Crippen LogP contribution in [-0.4, -0.2) is 0 Å². The lowest BCUT2D eigenvalue weighted by Crippen LogP contribution is -2.10. The van der Waals surface area contributed by atoms with Crippen LogP contribution in [0, 0.1) is 13.8 Å². The van der Waals surface area contributed by atoms with Crippen molar-refractivity contribution in [3.8, 4) is 0 Å². The largest absolute Gasteiger partial charge is 0.378 e. The molecule has 1 unspecified atom stereocenters. The molecule has 1 nitrogen and oxygen atoms in total. The second-order valence-electron chi connectivity index (χ2n) is 5.62. The highest BCUT2D eigenvalue weighted by Gasteiger charge is 2.10. The van der Waals surface area contributed by atoms with Gasteiger partial charge in [0.25, 0.3) is 0 Å². The molecule has 0 bridgehead atoms. The zero-order valence-electron chi connectivity index (χ0n) is 13.3. The summed E-state index contributed by atoms with van der Waals surface area (Å²) in [5, 5.41) is 3.67. The van der Waals surface area contributed by atoms with Crippen LogP contribution in [0.3, 0.4) is 0 Å². The van der Waals surface area contributed by atoms with E-state index in [4.69, 9.17) is 0 Å². The average Bonchev–Trinajstić information content (AvgIpc) is 2.50. The molecule has 0 saturated carbocycles. The van der Waals surface area contributed by atoms with E-state index < -0.39 is 0 Å². The standard InChI is InChI=1S/C19H24BrN/c1-5-15-7-9-16(10-8-15)18(6-2)21-17-11-13(3)19(20)14(4)12-17/h7-12,18,21H,5-6H2,1-4H3. The molecule has 0 fully saturated rings. The number of anilines is 1. The summed E-state index contributed by atoms with van der Waals surface area (Å²) in [5.41, 5.74) is 6.49. The van der Waals surface area contributed by atoms with Crippen molar-refractivity contribution in [3.63, 3.8) is 0 Å². The molecule has 2 rings (SSSR count). The molecule has 2 aromatic carbocycles. The number of aryl methyl sites for hydroxylation is 3. The Morgan fingerprint density at radius 2 is 1.57 bits per heavy atom. The molecule has 0 heterocycles. The smallest absolute Gasteiger partial charge is 0.0511 e. The predicted octanol–water partition coefficient (Wildman–Crippen LogP) is 6.19. The Kier molecular flexibility index (Phi) is 5.46. The van der Waals surface area contributed by atoms with Crippen molar-refractivity contribution in [2.24, 2.45) is 0 Å². The topological polar surface area (TPSA) is 12.0 Å². The van der Waals surface area contributed by atoms with E-state index in [1.165, 1.54) is 32.4 Å². The van der Waals surface area contributed by atoms with Crippen molar-refractivity contribution in [1.29, 1.82) is 0 Å². The lowest BCUT2D eigenvalue weighted by Gasteiger charge is -2.20. The molecule has 0 aromatic heterocycles. The van der Waals surface area contributed by atoms with Crippen molar-refractivity contribution in [1.82, 2.24) is 0 Å². The normalized spacial score (nSPS) is 12.2. The molecule has 112 valence electrons. The molecule has 0 saturated heterocycles. The van der Waals surface area contributed by atoms with Gasteiger partial charge in [-0.25, -0.2) is 0 Å². The molecular weight excluding hydrogens is 322 g/mol. The molecule has 2 aromatic rings. The summed E-state index contributed by atoms with van der Waals surface area (Å²) < 4.78 is 1.20. The summed E-state index contributed by atoms with van der Waals surface area (Å²) in [7, 11) is 0. The van der Waals surface area contributed by atoms with Gasteiger partial charge in [-0.3, -0.25) is 0 Å². The maximum Gasteiger partial charge on any atom is 0.0511 e. The molecule has 0 radical (unpaired) electrons. The maximum atomic E-state index is 3.67. The Balaban J connectivity index is 2.22. The Morgan fingerprint density at radius 3 is 2.05 bits per heavy atom. The zero-order chi connectivity index (χ0) is 15.4. The minimum absolute atomic E-state index is 0.357. The highest BCUT2D eigenvalue weighted by atomic mass is 79.9. The fourth-order valence-electron chi connectivity index (χ4n) is 2.64. The molecule has 0 spiro atoms. The third-order valence-corrected chi connectivity index (χ3v) is 5.23. The first-order valence-electron chi connectivity index (χ1n) is 7.67. The van der Waals surface area contributed by atoms with Crippen LogP contribution in [-0.2, 0) is 6.42 Å². The second kappa shape index (κ2) is 7.13. The Morgan fingerprint density at radius 1 is 1.00 bits per heavy atom. The summed E-state index contributed by atoms with van der Waals surface area (Å²) in [6.45, 7) is 8.69. The third kappa shape index (κ3) is 3.88. The molecule has 0 aliphatic carbocycles. The first-order chi connectivity index (χ1) is 10.0. The molecular formula is C19H24BrN. The second-order valence-corrected chi connectivity index (χ2v) is 6.42. The predicted molar refractivity (Wildman–Crippen MR) is 96.1 cm³/mol. The van der Waals surface area contributed by atoms with Crippen molar-refractivity contribution >= 4 is 21.6 Å². The fraction of sp³-hybridized carbons (Fsp3) is 0.368. The first kappa shape index (κ1) is 16.1. The van der Waals surface area contributed by atoms with Gasteiger partial charge in [-0.15, -0.1) is 0 Å². The molecule has 1 atom stereocenters. The van der Waals surface area contributed by atoms with Crippen molar-refractivity contribution in [3.05, 3.63) is 63.1 Å². The van der Waals surface area contributed by atoms with Gasteiger partial charge >= 0.3 is 0 Å². The van der Waals surface area contributed by atoms with Crippen molar-refractivity contribution in [2.75, 3.05) is 5.32 Å². The van der Waals surface area contributed by atoms with Gasteiger partial charge in [-0.1, -0.05) is 54.0 Å².